The monoisotopic (exact) mass is 326 g/mol. The van der Waals surface area contributed by atoms with Gasteiger partial charge in [0.1, 0.15) is 12.1 Å². The van der Waals surface area contributed by atoms with Gasteiger partial charge in [-0.05, 0) is 24.0 Å². The van der Waals surface area contributed by atoms with Gasteiger partial charge in [0.15, 0.2) is 0 Å². The minimum atomic E-state index is -0.126. The van der Waals surface area contributed by atoms with Gasteiger partial charge in [-0.2, -0.15) is 0 Å². The number of carbonyl (C=O) groups is 1. The van der Waals surface area contributed by atoms with E-state index in [9.17, 15) is 4.79 Å². The third-order valence-corrected chi connectivity index (χ3v) is 4.31. The Balaban J connectivity index is 1.76. The van der Waals surface area contributed by atoms with Crippen LogP contribution in [-0.2, 0) is 17.8 Å². The van der Waals surface area contributed by atoms with Gasteiger partial charge in [-0.3, -0.25) is 5.32 Å². The van der Waals surface area contributed by atoms with Gasteiger partial charge in [0.25, 0.3) is 0 Å². The number of rotatable bonds is 4. The third-order valence-electron chi connectivity index (χ3n) is 4.31. The number of carbonyl (C=O) groups excluding carboxylic acids is 1. The molecule has 6 heteroatoms. The molecule has 1 aliphatic rings. The molecule has 0 radical (unpaired) electrons. The maximum Gasteiger partial charge on any atom is 0.323 e. The first-order valence-electron chi connectivity index (χ1n) is 8.18. The number of ether oxygens (including phenoxy) is 1. The molecule has 2 heterocycles. The van der Waals surface area contributed by atoms with E-state index in [1.54, 1.807) is 13.2 Å². The van der Waals surface area contributed by atoms with Crippen LogP contribution in [0.1, 0.15) is 36.2 Å². The molecule has 24 heavy (non-hydrogen) atoms. The fourth-order valence-electron chi connectivity index (χ4n) is 3.21. The van der Waals surface area contributed by atoms with Crippen molar-refractivity contribution < 1.29 is 9.53 Å². The van der Waals surface area contributed by atoms with Gasteiger partial charge >= 0.3 is 6.03 Å². The summed E-state index contributed by atoms with van der Waals surface area (Å²) in [5.41, 5.74) is 3.31. The van der Waals surface area contributed by atoms with Crippen molar-refractivity contribution in [3.05, 3.63) is 53.5 Å². The molecule has 0 aliphatic carbocycles. The lowest BCUT2D eigenvalue weighted by molar-refractivity contribution is 0.179. The molecule has 0 bridgehead atoms. The van der Waals surface area contributed by atoms with E-state index in [4.69, 9.17) is 4.74 Å². The van der Waals surface area contributed by atoms with Crippen molar-refractivity contribution in [2.24, 2.45) is 0 Å². The van der Waals surface area contributed by atoms with Crippen LogP contribution in [0.4, 0.5) is 10.6 Å². The number of nitrogens with zero attached hydrogens (tertiary/aromatic N) is 3. The van der Waals surface area contributed by atoms with Gasteiger partial charge in [0.05, 0.1) is 18.3 Å². The summed E-state index contributed by atoms with van der Waals surface area (Å²) in [7, 11) is 1.61. The first-order valence-corrected chi connectivity index (χ1v) is 8.18. The average Bonchev–Trinajstić information content (AvgIpc) is 2.61. The van der Waals surface area contributed by atoms with E-state index in [-0.39, 0.29) is 12.1 Å². The number of aromatic nitrogens is 2. The fourth-order valence-corrected chi connectivity index (χ4v) is 3.21. The summed E-state index contributed by atoms with van der Waals surface area (Å²) in [4.78, 5) is 22.9. The molecule has 1 aromatic heterocycles. The van der Waals surface area contributed by atoms with Gasteiger partial charge < -0.3 is 9.64 Å². The molecule has 6 nitrogen and oxygen atoms in total. The van der Waals surface area contributed by atoms with E-state index in [0.29, 0.717) is 19.0 Å². The van der Waals surface area contributed by atoms with Gasteiger partial charge in [0, 0.05) is 19.7 Å². The first kappa shape index (κ1) is 16.4. The molecular formula is C18H22N4O2. The summed E-state index contributed by atoms with van der Waals surface area (Å²) in [6.45, 7) is 3.20. The Hall–Kier alpha value is -2.47. The van der Waals surface area contributed by atoms with Crippen molar-refractivity contribution in [3.8, 4) is 0 Å². The summed E-state index contributed by atoms with van der Waals surface area (Å²) in [5, 5.41) is 2.89. The topological polar surface area (TPSA) is 67.4 Å². The van der Waals surface area contributed by atoms with Crippen molar-refractivity contribution in [3.63, 3.8) is 0 Å². The Bertz CT molecular complexity index is 720. The van der Waals surface area contributed by atoms with Crippen LogP contribution in [0.15, 0.2) is 36.7 Å². The molecule has 0 saturated carbocycles. The summed E-state index contributed by atoms with van der Waals surface area (Å²) in [6, 6.07) is 10.1. The maximum atomic E-state index is 12.7. The number of benzene rings is 1. The van der Waals surface area contributed by atoms with E-state index >= 15 is 0 Å². The molecule has 1 atom stereocenters. The minimum Gasteiger partial charge on any atom is -0.378 e. The SMILES string of the molecule is CCC1c2ccccc2CCN1C(=O)Nc1cc(COC)ncn1. The molecule has 1 aromatic carbocycles. The fraction of sp³-hybridized carbons (Fsp3) is 0.389. The van der Waals surface area contributed by atoms with Crippen molar-refractivity contribution in [2.75, 3.05) is 19.0 Å². The lowest BCUT2D eigenvalue weighted by Crippen LogP contribution is -2.42. The molecule has 3 rings (SSSR count). The minimum absolute atomic E-state index is 0.0928. The molecule has 0 spiro atoms. The number of nitrogens with one attached hydrogen (secondary N) is 1. The summed E-state index contributed by atoms with van der Waals surface area (Å²) in [5.74, 6) is 0.496. The number of hydrogen-bond donors (Lipinski definition) is 1. The zero-order valence-electron chi connectivity index (χ0n) is 14.0. The Morgan fingerprint density at radius 2 is 2.21 bits per heavy atom. The van der Waals surface area contributed by atoms with Crippen LogP contribution < -0.4 is 5.32 Å². The van der Waals surface area contributed by atoms with Crippen LogP contribution in [0.5, 0.6) is 0 Å². The smallest absolute Gasteiger partial charge is 0.323 e. The Morgan fingerprint density at radius 1 is 1.38 bits per heavy atom. The highest BCUT2D eigenvalue weighted by Crippen LogP contribution is 2.32. The zero-order chi connectivity index (χ0) is 16.9. The number of urea groups is 1. The summed E-state index contributed by atoms with van der Waals surface area (Å²) in [6.07, 6.45) is 3.19. The Morgan fingerprint density at radius 3 is 3.00 bits per heavy atom. The van der Waals surface area contributed by atoms with Crippen molar-refractivity contribution in [2.45, 2.75) is 32.4 Å². The van der Waals surface area contributed by atoms with Crippen molar-refractivity contribution in [1.82, 2.24) is 14.9 Å². The standard InChI is InChI=1S/C18H22N4O2/c1-3-16-15-7-5-4-6-13(15)8-9-22(16)18(23)21-17-10-14(11-24-2)19-12-20-17/h4-7,10,12,16H,3,8-9,11H2,1-2H3,(H,19,20,21,23). The Labute approximate surface area is 141 Å². The van der Waals surface area contributed by atoms with Gasteiger partial charge in [-0.1, -0.05) is 31.2 Å². The first-order chi connectivity index (χ1) is 11.7. The lowest BCUT2D eigenvalue weighted by Gasteiger charge is -2.36. The predicted molar refractivity (Wildman–Crippen MR) is 91.6 cm³/mol. The number of methoxy groups -OCH3 is 1. The highest BCUT2D eigenvalue weighted by Gasteiger charge is 2.29. The predicted octanol–water partition coefficient (Wildman–Crippen LogP) is 3.16. The van der Waals surface area contributed by atoms with Crippen molar-refractivity contribution >= 4 is 11.8 Å². The molecule has 1 unspecified atom stereocenters. The Kier molecular flexibility index (Phi) is 5.05. The number of hydrogen-bond acceptors (Lipinski definition) is 4. The highest BCUT2D eigenvalue weighted by molar-refractivity contribution is 5.88. The van der Waals surface area contributed by atoms with Crippen LogP contribution in [-0.4, -0.2) is 34.6 Å². The van der Waals surface area contributed by atoms with E-state index in [2.05, 4.69) is 40.4 Å². The molecule has 2 amide bonds. The van der Waals surface area contributed by atoms with Crippen molar-refractivity contribution in [1.29, 1.82) is 0 Å². The lowest BCUT2D eigenvalue weighted by atomic mass is 9.91. The van der Waals surface area contributed by atoms with Crippen LogP contribution in [0.3, 0.4) is 0 Å². The largest absolute Gasteiger partial charge is 0.378 e. The van der Waals surface area contributed by atoms with Crippen LogP contribution in [0, 0.1) is 0 Å². The molecular weight excluding hydrogens is 304 g/mol. The highest BCUT2D eigenvalue weighted by atomic mass is 16.5. The quantitative estimate of drug-likeness (QED) is 0.937. The van der Waals surface area contributed by atoms with E-state index in [0.717, 1.165) is 18.5 Å². The second-order valence-electron chi connectivity index (χ2n) is 5.82. The second-order valence-corrected chi connectivity index (χ2v) is 5.82. The van der Waals surface area contributed by atoms with E-state index in [1.165, 1.54) is 17.5 Å². The summed E-state index contributed by atoms with van der Waals surface area (Å²) >= 11 is 0. The molecule has 2 aromatic rings. The van der Waals surface area contributed by atoms with Crippen LogP contribution >= 0.6 is 0 Å². The molecule has 0 saturated heterocycles. The van der Waals surface area contributed by atoms with Gasteiger partial charge in [0.2, 0.25) is 0 Å². The molecule has 1 aliphatic heterocycles. The number of amides is 2. The van der Waals surface area contributed by atoms with E-state index < -0.39 is 0 Å². The van der Waals surface area contributed by atoms with E-state index in [1.807, 2.05) is 11.0 Å². The van der Waals surface area contributed by atoms with Gasteiger partial charge in [-0.25, -0.2) is 14.8 Å². The molecule has 126 valence electrons. The second kappa shape index (κ2) is 7.40. The maximum absolute atomic E-state index is 12.7. The molecule has 0 fully saturated rings. The molecule has 1 N–H and O–H groups in total. The normalized spacial score (nSPS) is 16.6. The average molecular weight is 326 g/mol. The van der Waals surface area contributed by atoms with Crippen LogP contribution in [0.2, 0.25) is 0 Å². The zero-order valence-corrected chi connectivity index (χ0v) is 14.0. The third kappa shape index (κ3) is 3.38. The summed E-state index contributed by atoms with van der Waals surface area (Å²) < 4.78 is 5.06. The van der Waals surface area contributed by atoms with Gasteiger partial charge in [-0.15, -0.1) is 0 Å². The number of fused-ring (bicyclic) bond motifs is 1. The number of anilines is 1. The van der Waals surface area contributed by atoms with Crippen LogP contribution in [0.25, 0.3) is 0 Å².